The van der Waals surface area contributed by atoms with E-state index in [0.717, 1.165) is 43.7 Å². The molecule has 3 nitrogen and oxygen atoms in total. The minimum atomic E-state index is -0.437. The highest BCUT2D eigenvalue weighted by atomic mass is 19.1. The first kappa shape index (κ1) is 20.8. The molecule has 1 saturated heterocycles. The molecule has 5 rings (SSSR count). The van der Waals surface area contributed by atoms with Gasteiger partial charge >= 0.3 is 0 Å². The van der Waals surface area contributed by atoms with Crippen LogP contribution in [0.3, 0.4) is 0 Å². The number of rotatable bonds is 3. The van der Waals surface area contributed by atoms with Gasteiger partial charge in [-0.05, 0) is 80.4 Å². The van der Waals surface area contributed by atoms with E-state index in [1.807, 2.05) is 0 Å². The maximum Gasteiger partial charge on any atom is 0.258 e. The Hall–Kier alpha value is -3.05. The number of aryl methyl sites for hydroxylation is 1. The van der Waals surface area contributed by atoms with E-state index in [9.17, 15) is 13.6 Å². The zero-order valence-electron chi connectivity index (χ0n) is 18.2. The summed E-state index contributed by atoms with van der Waals surface area (Å²) in [6.07, 6.45) is 1.70. The lowest BCUT2D eigenvalue weighted by Crippen LogP contribution is -2.45. The molecular formula is C27H26F2N2O. The molecule has 1 spiro atoms. The Labute approximate surface area is 187 Å². The molecule has 3 aromatic carbocycles. The second kappa shape index (κ2) is 8.14. The standard InChI is InChI=1S/C27H26F2N2O/c1-19-4-2-5-20(14-19)17-30-12-10-27(11-13-30)18-31(25-9-8-23(29)16-24(25)27)26(32)21-6-3-7-22(28)15-21/h2-9,14-16H,10-13,17-18H2,1H3. The quantitative estimate of drug-likeness (QED) is 0.548. The number of halogens is 2. The predicted molar refractivity (Wildman–Crippen MR) is 122 cm³/mol. The van der Waals surface area contributed by atoms with E-state index < -0.39 is 5.82 Å². The van der Waals surface area contributed by atoms with Crippen molar-refractivity contribution < 1.29 is 13.6 Å². The summed E-state index contributed by atoms with van der Waals surface area (Å²) >= 11 is 0. The summed E-state index contributed by atoms with van der Waals surface area (Å²) in [7, 11) is 0. The number of hydrogen-bond donors (Lipinski definition) is 0. The largest absolute Gasteiger partial charge is 0.307 e. The first-order valence-electron chi connectivity index (χ1n) is 11.1. The molecule has 0 saturated carbocycles. The predicted octanol–water partition coefficient (Wildman–Crippen LogP) is 5.47. The fraction of sp³-hybridized carbons (Fsp3) is 0.296. The number of nitrogens with zero attached hydrogens (tertiary/aromatic N) is 2. The number of amides is 1. The van der Waals surface area contributed by atoms with E-state index in [0.29, 0.717) is 12.1 Å². The summed E-state index contributed by atoms with van der Waals surface area (Å²) in [6, 6.07) is 19.0. The molecule has 3 aromatic rings. The van der Waals surface area contributed by atoms with Gasteiger partial charge in [-0.3, -0.25) is 9.69 Å². The van der Waals surface area contributed by atoms with Crippen LogP contribution < -0.4 is 4.90 Å². The topological polar surface area (TPSA) is 23.6 Å². The lowest BCUT2D eigenvalue weighted by atomic mass is 9.74. The van der Waals surface area contributed by atoms with Crippen LogP contribution in [-0.2, 0) is 12.0 Å². The first-order chi connectivity index (χ1) is 15.4. The van der Waals surface area contributed by atoms with Gasteiger partial charge in [0.2, 0.25) is 0 Å². The molecule has 2 heterocycles. The fourth-order valence-corrected chi connectivity index (χ4v) is 5.24. The van der Waals surface area contributed by atoms with Gasteiger partial charge in [-0.25, -0.2) is 8.78 Å². The number of hydrogen-bond acceptors (Lipinski definition) is 2. The van der Waals surface area contributed by atoms with Crippen molar-refractivity contribution in [2.24, 2.45) is 0 Å². The van der Waals surface area contributed by atoms with Crippen molar-refractivity contribution in [1.82, 2.24) is 4.90 Å². The van der Waals surface area contributed by atoms with Crippen molar-refractivity contribution in [1.29, 1.82) is 0 Å². The zero-order chi connectivity index (χ0) is 22.3. The van der Waals surface area contributed by atoms with E-state index in [2.05, 4.69) is 36.1 Å². The average molecular weight is 433 g/mol. The molecule has 2 aliphatic heterocycles. The maximum absolute atomic E-state index is 14.2. The number of fused-ring (bicyclic) bond motifs is 2. The minimum absolute atomic E-state index is 0.239. The Kier molecular flexibility index (Phi) is 5.30. The highest BCUT2D eigenvalue weighted by Crippen LogP contribution is 2.47. The van der Waals surface area contributed by atoms with E-state index in [-0.39, 0.29) is 17.1 Å². The molecule has 164 valence electrons. The van der Waals surface area contributed by atoms with E-state index >= 15 is 0 Å². The van der Waals surface area contributed by atoms with Crippen molar-refractivity contribution in [3.8, 4) is 0 Å². The van der Waals surface area contributed by atoms with Crippen LogP contribution in [0.15, 0.2) is 66.7 Å². The van der Waals surface area contributed by atoms with Gasteiger partial charge in [0.15, 0.2) is 0 Å². The molecule has 32 heavy (non-hydrogen) atoms. The summed E-state index contributed by atoms with van der Waals surface area (Å²) < 4.78 is 28.0. The molecule has 1 fully saturated rings. The van der Waals surface area contributed by atoms with Crippen molar-refractivity contribution in [3.05, 3.63) is 101 Å². The first-order valence-corrected chi connectivity index (χ1v) is 11.1. The molecular weight excluding hydrogens is 406 g/mol. The van der Waals surface area contributed by atoms with Gasteiger partial charge < -0.3 is 4.90 Å². The van der Waals surface area contributed by atoms with Gasteiger partial charge in [-0.15, -0.1) is 0 Å². The maximum atomic E-state index is 14.2. The van der Waals surface area contributed by atoms with Crippen LogP contribution in [0.4, 0.5) is 14.5 Å². The van der Waals surface area contributed by atoms with Gasteiger partial charge in [0.25, 0.3) is 5.91 Å². The number of benzene rings is 3. The second-order valence-electron chi connectivity index (χ2n) is 9.11. The second-order valence-corrected chi connectivity index (χ2v) is 9.11. The van der Waals surface area contributed by atoms with Crippen LogP contribution in [0, 0.1) is 18.6 Å². The van der Waals surface area contributed by atoms with Crippen LogP contribution in [0.25, 0.3) is 0 Å². The van der Waals surface area contributed by atoms with Crippen LogP contribution in [0.1, 0.15) is 39.9 Å². The third-order valence-corrected chi connectivity index (χ3v) is 6.90. The lowest BCUT2D eigenvalue weighted by molar-refractivity contribution is 0.0975. The van der Waals surface area contributed by atoms with Crippen LogP contribution >= 0.6 is 0 Å². The summed E-state index contributed by atoms with van der Waals surface area (Å²) in [5, 5.41) is 0. The Balaban J connectivity index is 1.39. The Bertz CT molecular complexity index is 1170. The molecule has 0 radical (unpaired) electrons. The molecule has 0 unspecified atom stereocenters. The third-order valence-electron chi connectivity index (χ3n) is 6.90. The Morgan fingerprint density at radius 2 is 1.69 bits per heavy atom. The smallest absolute Gasteiger partial charge is 0.258 e. The summed E-state index contributed by atoms with van der Waals surface area (Å²) in [6.45, 7) is 5.25. The zero-order valence-corrected chi connectivity index (χ0v) is 18.2. The van der Waals surface area contributed by atoms with Gasteiger partial charge in [-0.2, -0.15) is 0 Å². The summed E-state index contributed by atoms with van der Waals surface area (Å²) in [5.74, 6) is -0.963. The molecule has 0 atom stereocenters. The molecule has 0 aliphatic carbocycles. The molecule has 0 N–H and O–H groups in total. The fourth-order valence-electron chi connectivity index (χ4n) is 5.24. The summed E-state index contributed by atoms with van der Waals surface area (Å²) in [4.78, 5) is 17.4. The third kappa shape index (κ3) is 3.82. The van der Waals surface area contributed by atoms with Crippen molar-refractivity contribution in [3.63, 3.8) is 0 Å². The van der Waals surface area contributed by atoms with Gasteiger partial charge in [0.05, 0.1) is 0 Å². The van der Waals surface area contributed by atoms with Gasteiger partial charge in [0.1, 0.15) is 11.6 Å². The number of carbonyl (C=O) groups is 1. The van der Waals surface area contributed by atoms with Crippen LogP contribution in [0.5, 0.6) is 0 Å². The Morgan fingerprint density at radius 1 is 0.938 bits per heavy atom. The molecule has 5 heteroatoms. The molecule has 0 aromatic heterocycles. The number of anilines is 1. The van der Waals surface area contributed by atoms with Gasteiger partial charge in [-0.1, -0.05) is 35.9 Å². The lowest BCUT2D eigenvalue weighted by Gasteiger charge is -2.40. The van der Waals surface area contributed by atoms with Crippen molar-refractivity contribution in [2.75, 3.05) is 24.5 Å². The van der Waals surface area contributed by atoms with Gasteiger partial charge in [0, 0.05) is 29.8 Å². The van der Waals surface area contributed by atoms with Crippen molar-refractivity contribution in [2.45, 2.75) is 31.7 Å². The number of piperidine rings is 1. The highest BCUT2D eigenvalue weighted by Gasteiger charge is 2.46. The minimum Gasteiger partial charge on any atom is -0.307 e. The SMILES string of the molecule is Cc1cccc(CN2CCC3(CC2)CN(C(=O)c2cccc(F)c2)c2ccc(F)cc23)c1. The van der Waals surface area contributed by atoms with E-state index in [1.54, 1.807) is 29.2 Å². The monoisotopic (exact) mass is 432 g/mol. The number of likely N-dealkylation sites (tertiary alicyclic amines) is 1. The molecule has 1 amide bonds. The van der Waals surface area contributed by atoms with Crippen LogP contribution in [0.2, 0.25) is 0 Å². The van der Waals surface area contributed by atoms with Crippen LogP contribution in [-0.4, -0.2) is 30.4 Å². The molecule has 2 aliphatic rings. The Morgan fingerprint density at radius 3 is 2.44 bits per heavy atom. The number of carbonyl (C=O) groups excluding carboxylic acids is 1. The summed E-state index contributed by atoms with van der Waals surface area (Å²) in [5.41, 5.74) is 4.23. The molecule has 0 bridgehead atoms. The highest BCUT2D eigenvalue weighted by molar-refractivity contribution is 6.07. The van der Waals surface area contributed by atoms with E-state index in [1.165, 1.54) is 29.3 Å². The van der Waals surface area contributed by atoms with Crippen molar-refractivity contribution >= 4 is 11.6 Å². The average Bonchev–Trinajstić information content (AvgIpc) is 3.08. The van der Waals surface area contributed by atoms with E-state index in [4.69, 9.17) is 0 Å². The normalized spacial score (nSPS) is 17.5.